The molecule has 3 N–H and O–H groups in total. The normalized spacial score (nSPS) is 15.8. The second kappa shape index (κ2) is 5.69. The fourth-order valence-corrected chi connectivity index (χ4v) is 2.50. The molecule has 2 aromatic rings. The Labute approximate surface area is 132 Å². The Hall–Kier alpha value is -2.53. The van der Waals surface area contributed by atoms with Gasteiger partial charge >= 0.3 is 0 Å². The van der Waals surface area contributed by atoms with Crippen LogP contribution in [-0.4, -0.2) is 17.9 Å². The van der Waals surface area contributed by atoms with Crippen LogP contribution in [0.25, 0.3) is 0 Å². The van der Waals surface area contributed by atoms with Crippen LogP contribution in [0.15, 0.2) is 42.5 Å². The molecule has 0 unspecified atom stereocenters. The van der Waals surface area contributed by atoms with Gasteiger partial charge in [0.1, 0.15) is 5.75 Å². The Morgan fingerprint density at radius 3 is 2.59 bits per heavy atom. The topological polar surface area (TPSA) is 81.4 Å². The van der Waals surface area contributed by atoms with Crippen LogP contribution in [0.3, 0.4) is 0 Å². The van der Waals surface area contributed by atoms with Gasteiger partial charge in [0.15, 0.2) is 6.10 Å². The number of carbonyl (C=O) groups excluding carboxylic acids is 2. The maximum Gasteiger partial charge on any atom is 0.265 e. The summed E-state index contributed by atoms with van der Waals surface area (Å²) in [4.78, 5) is 23.2. The highest BCUT2D eigenvalue weighted by atomic mass is 35.5. The molecule has 1 heterocycles. The molecule has 0 fully saturated rings. The van der Waals surface area contributed by atoms with Crippen molar-refractivity contribution >= 4 is 29.1 Å². The van der Waals surface area contributed by atoms with Crippen molar-refractivity contribution in [2.75, 3.05) is 5.32 Å². The smallest absolute Gasteiger partial charge is 0.265 e. The lowest BCUT2D eigenvalue weighted by atomic mass is 10.1. The Morgan fingerprint density at radius 2 is 1.91 bits per heavy atom. The molecule has 5 nitrogen and oxygen atoms in total. The van der Waals surface area contributed by atoms with Gasteiger partial charge in [0.2, 0.25) is 5.91 Å². The zero-order chi connectivity index (χ0) is 15.7. The van der Waals surface area contributed by atoms with Gasteiger partial charge in [-0.05, 0) is 48.0 Å². The number of hydrogen-bond donors (Lipinski definition) is 2. The highest BCUT2D eigenvalue weighted by Crippen LogP contribution is 2.31. The van der Waals surface area contributed by atoms with Crippen molar-refractivity contribution in [3.05, 3.63) is 58.6 Å². The summed E-state index contributed by atoms with van der Waals surface area (Å²) in [7, 11) is 0. The SMILES string of the molecule is NC(=O)c1ccc(NC(=O)[C@H]2Cc3cc(Cl)ccc3O2)cc1. The average molecular weight is 317 g/mol. The van der Waals surface area contributed by atoms with Crippen LogP contribution in [0, 0.1) is 0 Å². The predicted molar refractivity (Wildman–Crippen MR) is 83.2 cm³/mol. The van der Waals surface area contributed by atoms with Crippen LogP contribution in [0.5, 0.6) is 5.75 Å². The molecule has 0 aromatic heterocycles. The number of ether oxygens (including phenoxy) is 1. The first-order valence-corrected chi connectivity index (χ1v) is 7.06. The van der Waals surface area contributed by atoms with E-state index >= 15 is 0 Å². The molecule has 112 valence electrons. The van der Waals surface area contributed by atoms with E-state index in [1.54, 1.807) is 42.5 Å². The lowest BCUT2D eigenvalue weighted by Crippen LogP contribution is -2.31. The molecule has 0 radical (unpaired) electrons. The number of fused-ring (bicyclic) bond motifs is 1. The summed E-state index contributed by atoms with van der Waals surface area (Å²) in [5, 5.41) is 3.37. The van der Waals surface area contributed by atoms with E-state index in [9.17, 15) is 9.59 Å². The molecule has 2 aromatic carbocycles. The quantitative estimate of drug-likeness (QED) is 0.912. The van der Waals surface area contributed by atoms with E-state index in [0.29, 0.717) is 28.4 Å². The van der Waals surface area contributed by atoms with Crippen LogP contribution >= 0.6 is 11.6 Å². The van der Waals surface area contributed by atoms with E-state index in [1.165, 1.54) is 0 Å². The number of nitrogens with one attached hydrogen (secondary N) is 1. The zero-order valence-electron chi connectivity index (χ0n) is 11.5. The van der Waals surface area contributed by atoms with Crippen molar-refractivity contribution in [2.24, 2.45) is 5.73 Å². The van der Waals surface area contributed by atoms with Gasteiger partial charge in [-0.2, -0.15) is 0 Å². The summed E-state index contributed by atoms with van der Waals surface area (Å²) in [5.41, 5.74) is 7.04. The molecule has 0 saturated carbocycles. The van der Waals surface area contributed by atoms with Gasteiger partial charge in [-0.3, -0.25) is 9.59 Å². The van der Waals surface area contributed by atoms with E-state index in [-0.39, 0.29) is 5.91 Å². The van der Waals surface area contributed by atoms with Gasteiger partial charge in [-0.25, -0.2) is 0 Å². The molecular formula is C16H13ClN2O3. The van der Waals surface area contributed by atoms with E-state index < -0.39 is 12.0 Å². The molecule has 1 aliphatic heterocycles. The monoisotopic (exact) mass is 316 g/mol. The molecule has 1 atom stereocenters. The summed E-state index contributed by atoms with van der Waals surface area (Å²) in [5.74, 6) is -0.0860. The molecule has 6 heteroatoms. The molecule has 22 heavy (non-hydrogen) atoms. The van der Waals surface area contributed by atoms with Crippen LogP contribution < -0.4 is 15.8 Å². The van der Waals surface area contributed by atoms with Gasteiger partial charge in [0.05, 0.1) is 0 Å². The summed E-state index contributed by atoms with van der Waals surface area (Å²) >= 11 is 5.93. The van der Waals surface area contributed by atoms with Gasteiger partial charge in [0.25, 0.3) is 5.91 Å². The molecular weight excluding hydrogens is 304 g/mol. The largest absolute Gasteiger partial charge is 0.480 e. The van der Waals surface area contributed by atoms with E-state index in [1.807, 2.05) is 0 Å². The zero-order valence-corrected chi connectivity index (χ0v) is 12.3. The van der Waals surface area contributed by atoms with E-state index in [2.05, 4.69) is 5.32 Å². The molecule has 0 saturated heterocycles. The number of nitrogens with two attached hydrogens (primary N) is 1. The second-order valence-electron chi connectivity index (χ2n) is 4.99. The fraction of sp³-hybridized carbons (Fsp3) is 0.125. The highest BCUT2D eigenvalue weighted by molar-refractivity contribution is 6.30. The minimum Gasteiger partial charge on any atom is -0.480 e. The maximum absolute atomic E-state index is 12.2. The lowest BCUT2D eigenvalue weighted by molar-refractivity contribution is -0.122. The third-order valence-corrected chi connectivity index (χ3v) is 3.66. The molecule has 1 aliphatic rings. The van der Waals surface area contributed by atoms with Gasteiger partial charge in [-0.1, -0.05) is 11.6 Å². The second-order valence-corrected chi connectivity index (χ2v) is 5.43. The molecule has 0 spiro atoms. The molecule has 0 bridgehead atoms. The Morgan fingerprint density at radius 1 is 1.18 bits per heavy atom. The third-order valence-electron chi connectivity index (χ3n) is 3.43. The highest BCUT2D eigenvalue weighted by Gasteiger charge is 2.29. The van der Waals surface area contributed by atoms with Crippen LogP contribution in [-0.2, 0) is 11.2 Å². The van der Waals surface area contributed by atoms with Crippen molar-refractivity contribution in [1.82, 2.24) is 0 Å². The summed E-state index contributed by atoms with van der Waals surface area (Å²) in [6.07, 6.45) is -0.120. The maximum atomic E-state index is 12.2. The number of anilines is 1. The summed E-state index contributed by atoms with van der Waals surface area (Å²) in [6.45, 7) is 0. The Bertz CT molecular complexity index is 744. The van der Waals surface area contributed by atoms with Crippen molar-refractivity contribution in [2.45, 2.75) is 12.5 Å². The van der Waals surface area contributed by atoms with Crippen LogP contribution in [0.1, 0.15) is 15.9 Å². The van der Waals surface area contributed by atoms with Gasteiger partial charge in [0, 0.05) is 22.7 Å². The number of amides is 2. The first kappa shape index (κ1) is 14.4. The predicted octanol–water partition coefficient (Wildman–Crippen LogP) is 2.38. The average Bonchev–Trinajstić information content (AvgIpc) is 2.91. The number of halogens is 1. The molecule has 0 aliphatic carbocycles. The minimum atomic E-state index is -0.593. The van der Waals surface area contributed by atoms with Gasteiger partial charge < -0.3 is 15.8 Å². The third kappa shape index (κ3) is 2.89. The van der Waals surface area contributed by atoms with Crippen molar-refractivity contribution in [3.8, 4) is 5.75 Å². The summed E-state index contributed by atoms with van der Waals surface area (Å²) in [6, 6.07) is 11.6. The first-order chi connectivity index (χ1) is 10.5. The Balaban J connectivity index is 1.67. The standard InChI is InChI=1S/C16H13ClN2O3/c17-11-3-6-13-10(7-11)8-14(22-13)16(21)19-12-4-1-9(2-5-12)15(18)20/h1-7,14H,8H2,(H2,18,20)(H,19,21)/t14-/m1/s1. The van der Waals surface area contributed by atoms with Crippen LogP contribution in [0.2, 0.25) is 5.02 Å². The molecule has 2 amide bonds. The minimum absolute atomic E-state index is 0.251. The number of benzene rings is 2. The summed E-state index contributed by atoms with van der Waals surface area (Å²) < 4.78 is 5.61. The van der Waals surface area contributed by atoms with Crippen molar-refractivity contribution in [1.29, 1.82) is 0 Å². The van der Waals surface area contributed by atoms with E-state index in [0.717, 1.165) is 5.56 Å². The Kier molecular flexibility index (Phi) is 3.73. The number of rotatable bonds is 3. The number of primary amides is 1. The number of hydrogen-bond acceptors (Lipinski definition) is 3. The van der Waals surface area contributed by atoms with Crippen LogP contribution in [0.4, 0.5) is 5.69 Å². The fourth-order valence-electron chi connectivity index (χ4n) is 2.30. The van der Waals surface area contributed by atoms with Crippen molar-refractivity contribution < 1.29 is 14.3 Å². The lowest BCUT2D eigenvalue weighted by Gasteiger charge is -2.11. The molecule has 3 rings (SSSR count). The van der Waals surface area contributed by atoms with Gasteiger partial charge in [-0.15, -0.1) is 0 Å². The first-order valence-electron chi connectivity index (χ1n) is 6.69. The van der Waals surface area contributed by atoms with E-state index in [4.69, 9.17) is 22.1 Å². The number of carbonyl (C=O) groups is 2. The van der Waals surface area contributed by atoms with Crippen molar-refractivity contribution in [3.63, 3.8) is 0 Å².